The Hall–Kier alpha value is -0.410. The van der Waals surface area contributed by atoms with Gasteiger partial charge in [0.25, 0.3) is 0 Å². The second-order valence-electron chi connectivity index (χ2n) is 5.21. The Balaban J connectivity index is 1.84. The van der Waals surface area contributed by atoms with E-state index in [1.165, 1.54) is 23.5 Å². The van der Waals surface area contributed by atoms with Crippen LogP contribution in [0.25, 0.3) is 0 Å². The van der Waals surface area contributed by atoms with Crippen LogP contribution in [0.3, 0.4) is 0 Å². The van der Waals surface area contributed by atoms with E-state index < -0.39 is 0 Å². The number of nitrogens with zero attached hydrogens (tertiary/aromatic N) is 1. The van der Waals surface area contributed by atoms with Crippen LogP contribution in [0.4, 0.5) is 0 Å². The molecule has 2 atom stereocenters. The van der Waals surface area contributed by atoms with Crippen molar-refractivity contribution in [2.75, 3.05) is 0 Å². The molecule has 2 aliphatic carbocycles. The topological polar surface area (TPSA) is 38.9 Å². The van der Waals surface area contributed by atoms with Gasteiger partial charge in [-0.1, -0.05) is 13.8 Å². The van der Waals surface area contributed by atoms with Gasteiger partial charge < -0.3 is 5.73 Å². The van der Waals surface area contributed by atoms with E-state index >= 15 is 0 Å². The predicted octanol–water partition coefficient (Wildman–Crippen LogP) is 2.47. The van der Waals surface area contributed by atoms with Crippen molar-refractivity contribution in [3.05, 3.63) is 16.1 Å². The Morgan fingerprint density at radius 1 is 1.50 bits per heavy atom. The highest BCUT2D eigenvalue weighted by atomic mass is 32.1. The smallest absolute Gasteiger partial charge is 0.0959 e. The Bertz CT molecular complexity index is 365. The van der Waals surface area contributed by atoms with Crippen molar-refractivity contribution in [1.29, 1.82) is 0 Å². The van der Waals surface area contributed by atoms with Gasteiger partial charge >= 0.3 is 0 Å². The van der Waals surface area contributed by atoms with Gasteiger partial charge in [-0.3, -0.25) is 0 Å². The van der Waals surface area contributed by atoms with Gasteiger partial charge in [-0.25, -0.2) is 4.98 Å². The molecule has 0 unspecified atom stereocenters. The number of rotatable bonds is 2. The van der Waals surface area contributed by atoms with E-state index in [1.807, 2.05) is 11.3 Å². The normalized spacial score (nSPS) is 34.5. The third-order valence-electron chi connectivity index (χ3n) is 3.70. The van der Waals surface area contributed by atoms with E-state index in [1.54, 1.807) is 0 Å². The molecule has 0 saturated heterocycles. The van der Waals surface area contributed by atoms with Crippen molar-refractivity contribution < 1.29 is 0 Å². The summed E-state index contributed by atoms with van der Waals surface area (Å²) in [6.07, 6.45) is 2.68. The molecule has 2 N–H and O–H groups in total. The zero-order chi connectivity index (χ0) is 9.92. The Labute approximate surface area is 88.5 Å². The standard InChI is InChI=1S/C11H16N2S/c1-11(2)8(9(11)12)7-5-14-10(13-7)6-3-4-6/h5-6,8-9H,3-4,12H2,1-2H3/t8-,9-/m0/s1. The number of hydrogen-bond acceptors (Lipinski definition) is 3. The average molecular weight is 208 g/mol. The van der Waals surface area contributed by atoms with Crippen LogP contribution in [-0.2, 0) is 0 Å². The maximum atomic E-state index is 6.04. The monoisotopic (exact) mass is 208 g/mol. The van der Waals surface area contributed by atoms with Crippen molar-refractivity contribution in [2.24, 2.45) is 11.1 Å². The van der Waals surface area contributed by atoms with E-state index in [4.69, 9.17) is 10.7 Å². The molecule has 1 aromatic heterocycles. The molecule has 2 nitrogen and oxygen atoms in total. The van der Waals surface area contributed by atoms with Gasteiger partial charge in [-0.2, -0.15) is 0 Å². The van der Waals surface area contributed by atoms with Gasteiger partial charge in [-0.05, 0) is 18.3 Å². The molecule has 2 fully saturated rings. The Kier molecular flexibility index (Phi) is 1.63. The summed E-state index contributed by atoms with van der Waals surface area (Å²) in [6, 6.07) is 0.316. The fraction of sp³-hybridized carbons (Fsp3) is 0.727. The Morgan fingerprint density at radius 2 is 2.14 bits per heavy atom. The number of thiazole rings is 1. The lowest BCUT2D eigenvalue weighted by molar-refractivity contribution is 0.596. The Morgan fingerprint density at radius 3 is 2.64 bits per heavy atom. The minimum absolute atomic E-state index is 0.273. The molecule has 76 valence electrons. The summed E-state index contributed by atoms with van der Waals surface area (Å²) >= 11 is 1.82. The van der Waals surface area contributed by atoms with Crippen molar-refractivity contribution in [1.82, 2.24) is 4.98 Å². The van der Waals surface area contributed by atoms with E-state index in [2.05, 4.69) is 19.2 Å². The number of nitrogens with two attached hydrogens (primary N) is 1. The van der Waals surface area contributed by atoms with E-state index in [0.717, 1.165) is 5.92 Å². The first-order valence-corrected chi connectivity index (χ1v) is 6.19. The fourth-order valence-corrected chi connectivity index (χ4v) is 3.23. The number of hydrogen-bond donors (Lipinski definition) is 1. The lowest BCUT2D eigenvalue weighted by atomic mass is 10.1. The maximum absolute atomic E-state index is 6.04. The fourth-order valence-electron chi connectivity index (χ4n) is 2.20. The molecule has 0 aliphatic heterocycles. The van der Waals surface area contributed by atoms with Crippen LogP contribution in [0.15, 0.2) is 5.38 Å². The highest BCUT2D eigenvalue weighted by Crippen LogP contribution is 2.57. The first kappa shape index (κ1) is 8.86. The van der Waals surface area contributed by atoms with E-state index in [9.17, 15) is 0 Å². The van der Waals surface area contributed by atoms with E-state index in [-0.39, 0.29) is 5.41 Å². The van der Waals surface area contributed by atoms with Crippen molar-refractivity contribution >= 4 is 11.3 Å². The van der Waals surface area contributed by atoms with Crippen LogP contribution in [0.5, 0.6) is 0 Å². The van der Waals surface area contributed by atoms with Gasteiger partial charge in [0, 0.05) is 23.3 Å². The minimum Gasteiger partial charge on any atom is -0.327 e. The van der Waals surface area contributed by atoms with Gasteiger partial charge in [0.05, 0.1) is 10.7 Å². The molecule has 0 bridgehead atoms. The molecule has 0 spiro atoms. The summed E-state index contributed by atoms with van der Waals surface area (Å²) in [4.78, 5) is 4.72. The summed E-state index contributed by atoms with van der Waals surface area (Å²) in [5.74, 6) is 1.29. The molecule has 0 aromatic carbocycles. The predicted molar refractivity (Wildman–Crippen MR) is 58.6 cm³/mol. The minimum atomic E-state index is 0.273. The molecule has 3 rings (SSSR count). The molecule has 2 saturated carbocycles. The first-order valence-electron chi connectivity index (χ1n) is 5.31. The summed E-state index contributed by atoms with van der Waals surface area (Å²) in [6.45, 7) is 4.47. The van der Waals surface area contributed by atoms with Crippen molar-refractivity contribution in [2.45, 2.75) is 44.6 Å². The average Bonchev–Trinajstić information content (AvgIpc) is 2.98. The van der Waals surface area contributed by atoms with E-state index in [0.29, 0.717) is 12.0 Å². The van der Waals surface area contributed by atoms with Gasteiger partial charge in [0.2, 0.25) is 0 Å². The van der Waals surface area contributed by atoms with Crippen LogP contribution >= 0.6 is 11.3 Å². The first-order chi connectivity index (χ1) is 6.60. The van der Waals surface area contributed by atoms with Crippen LogP contribution in [0, 0.1) is 5.41 Å². The summed E-state index contributed by atoms with van der Waals surface area (Å²) in [5.41, 5.74) is 7.56. The highest BCUT2D eigenvalue weighted by molar-refractivity contribution is 7.09. The SMILES string of the molecule is CC1(C)[C@@H](N)[C@@H]1c1csc(C2CC2)n1. The molecule has 2 aliphatic rings. The second kappa shape index (κ2) is 2.58. The summed E-state index contributed by atoms with van der Waals surface area (Å²) in [7, 11) is 0. The zero-order valence-corrected chi connectivity index (χ0v) is 9.47. The van der Waals surface area contributed by atoms with Crippen molar-refractivity contribution in [3.63, 3.8) is 0 Å². The quantitative estimate of drug-likeness (QED) is 0.811. The second-order valence-corrected chi connectivity index (χ2v) is 6.10. The molecular weight excluding hydrogens is 192 g/mol. The van der Waals surface area contributed by atoms with Gasteiger partial charge in [-0.15, -0.1) is 11.3 Å². The molecule has 1 heterocycles. The van der Waals surface area contributed by atoms with Crippen LogP contribution in [0.2, 0.25) is 0 Å². The highest BCUT2D eigenvalue weighted by Gasteiger charge is 2.57. The van der Waals surface area contributed by atoms with Crippen LogP contribution < -0.4 is 5.73 Å². The zero-order valence-electron chi connectivity index (χ0n) is 8.66. The third kappa shape index (κ3) is 1.15. The lowest BCUT2D eigenvalue weighted by Gasteiger charge is -1.97. The lowest BCUT2D eigenvalue weighted by Crippen LogP contribution is -2.06. The summed E-state index contributed by atoms with van der Waals surface area (Å²) in [5, 5.41) is 3.56. The molecule has 3 heteroatoms. The molecule has 0 amide bonds. The van der Waals surface area contributed by atoms with Gasteiger partial charge in [0.1, 0.15) is 0 Å². The number of aromatic nitrogens is 1. The molecular formula is C11H16N2S. The van der Waals surface area contributed by atoms with Gasteiger partial charge in [0.15, 0.2) is 0 Å². The van der Waals surface area contributed by atoms with Crippen molar-refractivity contribution in [3.8, 4) is 0 Å². The maximum Gasteiger partial charge on any atom is 0.0959 e. The van der Waals surface area contributed by atoms with Crippen LogP contribution in [0.1, 0.15) is 49.2 Å². The summed E-state index contributed by atoms with van der Waals surface area (Å²) < 4.78 is 0. The third-order valence-corrected chi connectivity index (χ3v) is 4.72. The largest absolute Gasteiger partial charge is 0.327 e. The molecule has 1 aromatic rings. The molecule has 14 heavy (non-hydrogen) atoms. The molecule has 0 radical (unpaired) electrons. The van der Waals surface area contributed by atoms with Crippen LogP contribution in [-0.4, -0.2) is 11.0 Å².